The van der Waals surface area contributed by atoms with Gasteiger partial charge in [0.1, 0.15) is 5.75 Å². The summed E-state index contributed by atoms with van der Waals surface area (Å²) in [5, 5.41) is 0.931. The van der Waals surface area contributed by atoms with E-state index in [1.165, 1.54) is 0 Å². The average molecular weight is 570 g/mol. The lowest BCUT2D eigenvalue weighted by Crippen LogP contribution is -2.46. The maximum atomic E-state index is 14.1. The second-order valence-electron chi connectivity index (χ2n) is 12.3. The second kappa shape index (κ2) is 12.4. The fraction of sp³-hybridized carbons (Fsp3) is 0.514. The molecule has 42 heavy (non-hydrogen) atoms. The predicted molar refractivity (Wildman–Crippen MR) is 164 cm³/mol. The zero-order valence-electron chi connectivity index (χ0n) is 25.1. The van der Waals surface area contributed by atoms with Gasteiger partial charge in [0.05, 0.1) is 35.9 Å². The first-order chi connectivity index (χ1) is 20.5. The topological polar surface area (TPSA) is 72.0 Å². The Labute approximate surface area is 249 Å². The first-order valence-corrected chi connectivity index (χ1v) is 15.8. The van der Waals surface area contributed by atoms with E-state index in [9.17, 15) is 9.59 Å². The second-order valence-corrected chi connectivity index (χ2v) is 12.3. The van der Waals surface area contributed by atoms with E-state index in [-0.39, 0.29) is 23.3 Å². The van der Waals surface area contributed by atoms with E-state index in [1.807, 2.05) is 65.3 Å². The molecule has 6 rings (SSSR count). The minimum Gasteiger partial charge on any atom is -0.492 e. The van der Waals surface area contributed by atoms with Crippen molar-refractivity contribution in [2.75, 3.05) is 39.5 Å². The molecule has 7 nitrogen and oxygen atoms in total. The fourth-order valence-corrected chi connectivity index (χ4v) is 7.14. The Morgan fingerprint density at radius 1 is 1.00 bits per heavy atom. The summed E-state index contributed by atoms with van der Waals surface area (Å²) in [4.78, 5) is 36.5. The number of carbonyl (C=O) groups is 2. The van der Waals surface area contributed by atoms with Crippen molar-refractivity contribution in [3.63, 3.8) is 0 Å². The number of hydrogen-bond acceptors (Lipinski definition) is 5. The number of amides is 2. The van der Waals surface area contributed by atoms with E-state index in [1.54, 1.807) is 0 Å². The largest absolute Gasteiger partial charge is 0.492 e. The summed E-state index contributed by atoms with van der Waals surface area (Å²) in [7, 11) is 0. The van der Waals surface area contributed by atoms with E-state index >= 15 is 0 Å². The zero-order chi connectivity index (χ0) is 29.1. The van der Waals surface area contributed by atoms with Gasteiger partial charge in [0.15, 0.2) is 0 Å². The van der Waals surface area contributed by atoms with Crippen LogP contribution in [0.1, 0.15) is 83.8 Å². The third-order valence-corrected chi connectivity index (χ3v) is 9.74. The normalized spacial score (nSPS) is 21.5. The van der Waals surface area contributed by atoms with Gasteiger partial charge in [-0.1, -0.05) is 43.7 Å². The van der Waals surface area contributed by atoms with Crippen molar-refractivity contribution in [2.45, 2.75) is 71.3 Å². The molecule has 0 aliphatic carbocycles. The molecule has 1 atom stereocenters. The van der Waals surface area contributed by atoms with E-state index in [2.05, 4.69) is 6.92 Å². The van der Waals surface area contributed by atoms with Crippen molar-refractivity contribution in [1.29, 1.82) is 0 Å². The third-order valence-electron chi connectivity index (χ3n) is 9.74. The number of rotatable bonds is 2. The van der Waals surface area contributed by atoms with Gasteiger partial charge in [-0.15, -0.1) is 0 Å². The average Bonchev–Trinajstić information content (AvgIpc) is 3.49. The molecular weight excluding hydrogens is 526 g/mol. The van der Waals surface area contributed by atoms with E-state index in [0.29, 0.717) is 44.2 Å². The number of aryl methyl sites for hydroxylation is 1. The molecule has 3 aliphatic rings. The van der Waals surface area contributed by atoms with Gasteiger partial charge in [-0.25, -0.2) is 0 Å². The Morgan fingerprint density at radius 3 is 2.62 bits per heavy atom. The molecule has 0 bridgehead atoms. The standard InChI is InChI=1S/C35H43N3O4/c1-3-29-25(2)32(27-12-4-6-14-30(27)36-29)34(40)37-20-17-35(18-21-37)16-8-9-22-41-23-26-11-10-19-38(26)33(39)28-13-5-7-15-31(28)42-24-35/h4-7,12-15,26H,3,8-11,16-24H2,1-2H3/t26-/m0/s1. The molecule has 0 saturated carbocycles. The van der Waals surface area contributed by atoms with Crippen LogP contribution < -0.4 is 4.74 Å². The Balaban J connectivity index is 1.22. The van der Waals surface area contributed by atoms with Gasteiger partial charge in [0.25, 0.3) is 11.8 Å². The van der Waals surface area contributed by atoms with E-state index in [0.717, 1.165) is 85.6 Å². The molecule has 0 radical (unpaired) electrons. The molecule has 0 N–H and O–H groups in total. The molecular formula is C35H43N3O4. The molecule has 3 aromatic rings. The lowest BCUT2D eigenvalue weighted by Gasteiger charge is -2.42. The number of ether oxygens (including phenoxy) is 2. The summed E-state index contributed by atoms with van der Waals surface area (Å²) in [6, 6.07) is 15.8. The highest BCUT2D eigenvalue weighted by molar-refractivity contribution is 6.07. The number of carbonyl (C=O) groups excluding carboxylic acids is 2. The number of likely N-dealkylation sites (tertiary alicyclic amines) is 1. The van der Waals surface area contributed by atoms with Gasteiger partial charge < -0.3 is 19.3 Å². The first-order valence-electron chi connectivity index (χ1n) is 15.8. The number of benzene rings is 2. The highest BCUT2D eigenvalue weighted by Gasteiger charge is 2.38. The van der Waals surface area contributed by atoms with Crippen molar-refractivity contribution >= 4 is 22.7 Å². The van der Waals surface area contributed by atoms with Crippen LogP contribution in [0.4, 0.5) is 0 Å². The van der Waals surface area contributed by atoms with Crippen LogP contribution in [0.3, 0.4) is 0 Å². The lowest BCUT2D eigenvalue weighted by molar-refractivity contribution is 0.0303. The van der Waals surface area contributed by atoms with Crippen LogP contribution in [-0.2, 0) is 11.2 Å². The first kappa shape index (κ1) is 28.7. The molecule has 2 fully saturated rings. The highest BCUT2D eigenvalue weighted by atomic mass is 16.5. The molecule has 3 aliphatic heterocycles. The van der Waals surface area contributed by atoms with Gasteiger partial charge >= 0.3 is 0 Å². The summed E-state index contributed by atoms with van der Waals surface area (Å²) >= 11 is 0. The molecule has 1 aromatic heterocycles. The van der Waals surface area contributed by atoms with Crippen molar-refractivity contribution in [3.05, 3.63) is 70.9 Å². The highest BCUT2D eigenvalue weighted by Crippen LogP contribution is 2.39. The molecule has 2 amide bonds. The fourth-order valence-electron chi connectivity index (χ4n) is 7.14. The van der Waals surface area contributed by atoms with Gasteiger partial charge in [-0.3, -0.25) is 14.6 Å². The monoisotopic (exact) mass is 569 g/mol. The van der Waals surface area contributed by atoms with Crippen LogP contribution >= 0.6 is 0 Å². The smallest absolute Gasteiger partial charge is 0.257 e. The minimum absolute atomic E-state index is 0.0367. The summed E-state index contributed by atoms with van der Waals surface area (Å²) in [5.74, 6) is 0.798. The van der Waals surface area contributed by atoms with Crippen LogP contribution in [0.25, 0.3) is 10.9 Å². The maximum absolute atomic E-state index is 14.1. The van der Waals surface area contributed by atoms with Crippen LogP contribution in [0.2, 0.25) is 0 Å². The Hall–Kier alpha value is -3.45. The zero-order valence-corrected chi connectivity index (χ0v) is 25.1. The number of aromatic nitrogens is 1. The van der Waals surface area contributed by atoms with Crippen LogP contribution in [0, 0.1) is 12.3 Å². The molecule has 0 unspecified atom stereocenters. The van der Waals surface area contributed by atoms with Crippen LogP contribution in [0.5, 0.6) is 5.75 Å². The Morgan fingerprint density at radius 2 is 1.79 bits per heavy atom. The SMILES string of the molecule is CCc1nc2ccccc2c(C(=O)N2CCC3(CCCCOC[C@@H]4CCCN4C(=O)c4ccccc4OC3)CC2)c1C. The van der Waals surface area contributed by atoms with Crippen molar-refractivity contribution in [2.24, 2.45) is 5.41 Å². The molecule has 4 heterocycles. The predicted octanol–water partition coefficient (Wildman–Crippen LogP) is 6.21. The number of nitrogens with zero attached hydrogens (tertiary/aromatic N) is 3. The van der Waals surface area contributed by atoms with Gasteiger partial charge in [0.2, 0.25) is 0 Å². The van der Waals surface area contributed by atoms with Gasteiger partial charge in [0, 0.05) is 42.7 Å². The molecule has 1 spiro atoms. The summed E-state index contributed by atoms with van der Waals surface area (Å²) in [6.07, 6.45) is 7.59. The summed E-state index contributed by atoms with van der Waals surface area (Å²) < 4.78 is 12.6. The maximum Gasteiger partial charge on any atom is 0.257 e. The molecule has 2 aromatic carbocycles. The third kappa shape index (κ3) is 5.63. The minimum atomic E-state index is -0.0584. The van der Waals surface area contributed by atoms with E-state index in [4.69, 9.17) is 14.5 Å². The van der Waals surface area contributed by atoms with Crippen molar-refractivity contribution in [1.82, 2.24) is 14.8 Å². The van der Waals surface area contributed by atoms with E-state index < -0.39 is 0 Å². The number of pyridine rings is 1. The quantitative estimate of drug-likeness (QED) is 0.367. The lowest BCUT2D eigenvalue weighted by atomic mass is 9.75. The van der Waals surface area contributed by atoms with Gasteiger partial charge in [-0.05, 0) is 75.6 Å². The number of hydrogen-bond donors (Lipinski definition) is 0. The number of fused-ring (bicyclic) bond motifs is 3. The number of piperidine rings is 1. The molecule has 2 saturated heterocycles. The summed E-state index contributed by atoms with van der Waals surface area (Å²) in [5.41, 5.74) is 4.23. The van der Waals surface area contributed by atoms with Crippen LogP contribution in [0.15, 0.2) is 48.5 Å². The van der Waals surface area contributed by atoms with Gasteiger partial charge in [-0.2, -0.15) is 0 Å². The van der Waals surface area contributed by atoms with Crippen LogP contribution in [-0.4, -0.2) is 72.1 Å². The Bertz CT molecular complexity index is 1450. The Kier molecular flexibility index (Phi) is 8.48. The molecule has 222 valence electrons. The molecule has 7 heteroatoms. The summed E-state index contributed by atoms with van der Waals surface area (Å²) in [6.45, 7) is 8.12. The van der Waals surface area contributed by atoms with Crippen molar-refractivity contribution in [3.8, 4) is 5.75 Å². The number of para-hydroxylation sites is 2. The van der Waals surface area contributed by atoms with Crippen molar-refractivity contribution < 1.29 is 19.1 Å².